The Morgan fingerprint density at radius 1 is 1.26 bits per heavy atom. The number of methoxy groups -OCH3 is 1. The van der Waals surface area contributed by atoms with Gasteiger partial charge in [0.25, 0.3) is 0 Å². The average Bonchev–Trinajstić information content (AvgIpc) is 2.57. The summed E-state index contributed by atoms with van der Waals surface area (Å²) in [5.41, 5.74) is -0.261. The molecule has 3 aliphatic carbocycles. The quantitative estimate of drug-likeness (QED) is 0.722. The minimum atomic E-state index is -0.605. The molecule has 1 aliphatic heterocycles. The zero-order chi connectivity index (χ0) is 14.1. The second-order valence-corrected chi connectivity index (χ2v) is 7.36. The van der Waals surface area contributed by atoms with E-state index in [0.717, 1.165) is 12.8 Å². The van der Waals surface area contributed by atoms with Gasteiger partial charge in [-0.25, -0.2) is 0 Å². The van der Waals surface area contributed by atoms with Crippen LogP contribution in [0.15, 0.2) is 0 Å². The van der Waals surface area contributed by atoms with Crippen molar-refractivity contribution in [1.82, 2.24) is 0 Å². The normalized spacial score (nSPS) is 45.2. The first-order valence-corrected chi connectivity index (χ1v) is 7.16. The standard InChI is InChI=1S/C15H24O4/c1-13(2)9-6-10(13)15(8-12(16)17-5)11(7-9)18-14(3,4)19-15/h9-11H,6-8H2,1-5H3/t9-,10-,11+,15-/m1/s1. The molecule has 1 saturated heterocycles. The van der Waals surface area contributed by atoms with E-state index in [4.69, 9.17) is 14.2 Å². The number of carbonyl (C=O) groups excluding carboxylic acids is 1. The second kappa shape index (κ2) is 3.73. The molecular weight excluding hydrogens is 244 g/mol. The first-order chi connectivity index (χ1) is 8.71. The Labute approximate surface area is 114 Å². The van der Waals surface area contributed by atoms with Crippen molar-refractivity contribution in [2.24, 2.45) is 17.3 Å². The fourth-order valence-electron chi connectivity index (χ4n) is 4.61. The van der Waals surface area contributed by atoms with E-state index in [1.807, 2.05) is 13.8 Å². The molecule has 0 aromatic rings. The molecule has 108 valence electrons. The third-order valence-electron chi connectivity index (χ3n) is 5.61. The van der Waals surface area contributed by atoms with E-state index in [0.29, 0.717) is 18.3 Å². The fourth-order valence-corrected chi connectivity index (χ4v) is 4.61. The van der Waals surface area contributed by atoms with Crippen LogP contribution in [0.2, 0.25) is 0 Å². The van der Waals surface area contributed by atoms with Crippen molar-refractivity contribution in [1.29, 1.82) is 0 Å². The summed E-state index contributed by atoms with van der Waals surface area (Å²) in [5.74, 6) is 0.259. The van der Waals surface area contributed by atoms with Crippen LogP contribution in [0.1, 0.15) is 47.0 Å². The molecular formula is C15H24O4. The molecule has 4 fully saturated rings. The van der Waals surface area contributed by atoms with Crippen LogP contribution in [-0.4, -0.2) is 30.6 Å². The van der Waals surface area contributed by atoms with Crippen molar-refractivity contribution in [3.8, 4) is 0 Å². The highest BCUT2D eigenvalue weighted by molar-refractivity contribution is 5.71. The first-order valence-electron chi connectivity index (χ1n) is 7.16. The monoisotopic (exact) mass is 268 g/mol. The summed E-state index contributed by atoms with van der Waals surface area (Å²) in [6.07, 6.45) is 2.46. The summed E-state index contributed by atoms with van der Waals surface area (Å²) in [6, 6.07) is 0. The Morgan fingerprint density at radius 3 is 2.53 bits per heavy atom. The van der Waals surface area contributed by atoms with Crippen LogP contribution < -0.4 is 0 Å². The molecule has 1 heterocycles. The van der Waals surface area contributed by atoms with Gasteiger partial charge in [0, 0.05) is 0 Å². The van der Waals surface area contributed by atoms with E-state index in [9.17, 15) is 4.79 Å². The van der Waals surface area contributed by atoms with Gasteiger partial charge < -0.3 is 14.2 Å². The van der Waals surface area contributed by atoms with Gasteiger partial charge in [0.15, 0.2) is 5.79 Å². The third-order valence-corrected chi connectivity index (χ3v) is 5.61. The van der Waals surface area contributed by atoms with Gasteiger partial charge in [0.05, 0.1) is 19.6 Å². The SMILES string of the molecule is COC(=O)C[C@]12OC(C)(C)O[C@H]1C[C@H]1C[C@@H]2C1(C)C. The van der Waals surface area contributed by atoms with E-state index >= 15 is 0 Å². The largest absolute Gasteiger partial charge is 0.469 e. The van der Waals surface area contributed by atoms with Gasteiger partial charge in [-0.05, 0) is 43.9 Å². The maximum absolute atomic E-state index is 11.8. The number of hydrogen-bond donors (Lipinski definition) is 0. The van der Waals surface area contributed by atoms with Gasteiger partial charge >= 0.3 is 5.97 Å². The highest BCUT2D eigenvalue weighted by atomic mass is 16.8. The summed E-state index contributed by atoms with van der Waals surface area (Å²) in [6.45, 7) is 8.45. The predicted molar refractivity (Wildman–Crippen MR) is 69.4 cm³/mol. The van der Waals surface area contributed by atoms with Crippen LogP contribution in [0, 0.1) is 17.3 Å². The van der Waals surface area contributed by atoms with Crippen molar-refractivity contribution in [2.45, 2.75) is 64.4 Å². The minimum Gasteiger partial charge on any atom is -0.469 e. The number of carbonyl (C=O) groups is 1. The van der Waals surface area contributed by atoms with Crippen LogP contribution in [0.25, 0.3) is 0 Å². The predicted octanol–water partition coefficient (Wildman–Crippen LogP) is 2.51. The fraction of sp³-hybridized carbons (Fsp3) is 0.933. The summed E-state index contributed by atoms with van der Waals surface area (Å²) in [4.78, 5) is 11.8. The van der Waals surface area contributed by atoms with E-state index in [1.54, 1.807) is 0 Å². The zero-order valence-corrected chi connectivity index (χ0v) is 12.5. The number of ether oxygens (including phenoxy) is 3. The van der Waals surface area contributed by atoms with Crippen molar-refractivity contribution in [2.75, 3.05) is 7.11 Å². The Balaban J connectivity index is 1.96. The van der Waals surface area contributed by atoms with E-state index < -0.39 is 11.4 Å². The lowest BCUT2D eigenvalue weighted by Gasteiger charge is -2.64. The van der Waals surface area contributed by atoms with Crippen LogP contribution in [0.4, 0.5) is 0 Å². The summed E-state index contributed by atoms with van der Waals surface area (Å²) in [7, 11) is 1.44. The van der Waals surface area contributed by atoms with Crippen LogP contribution in [0.3, 0.4) is 0 Å². The lowest BCUT2D eigenvalue weighted by atomic mass is 9.43. The molecule has 2 bridgehead atoms. The molecule has 3 saturated carbocycles. The maximum Gasteiger partial charge on any atom is 0.308 e. The highest BCUT2D eigenvalue weighted by Gasteiger charge is 2.71. The van der Waals surface area contributed by atoms with Gasteiger partial charge in [-0.15, -0.1) is 0 Å². The molecule has 0 amide bonds. The number of hydrogen-bond acceptors (Lipinski definition) is 4. The molecule has 4 rings (SSSR count). The summed E-state index contributed by atoms with van der Waals surface area (Å²) >= 11 is 0. The lowest BCUT2D eigenvalue weighted by Crippen LogP contribution is -2.67. The van der Waals surface area contributed by atoms with Gasteiger partial charge in [-0.3, -0.25) is 4.79 Å². The highest BCUT2D eigenvalue weighted by Crippen LogP contribution is 2.67. The lowest BCUT2D eigenvalue weighted by molar-refractivity contribution is -0.233. The summed E-state index contributed by atoms with van der Waals surface area (Å²) < 4.78 is 17.2. The number of esters is 1. The van der Waals surface area contributed by atoms with Crippen LogP contribution >= 0.6 is 0 Å². The summed E-state index contributed by atoms with van der Waals surface area (Å²) in [5, 5.41) is 0. The molecule has 4 atom stereocenters. The molecule has 4 heteroatoms. The minimum absolute atomic E-state index is 0.0263. The topological polar surface area (TPSA) is 44.8 Å². The van der Waals surface area contributed by atoms with Crippen molar-refractivity contribution in [3.63, 3.8) is 0 Å². The average molecular weight is 268 g/mol. The smallest absolute Gasteiger partial charge is 0.308 e. The van der Waals surface area contributed by atoms with E-state index in [-0.39, 0.29) is 17.5 Å². The molecule has 0 radical (unpaired) electrons. The molecule has 0 N–H and O–H groups in total. The zero-order valence-electron chi connectivity index (χ0n) is 12.5. The Morgan fingerprint density at radius 2 is 1.95 bits per heavy atom. The second-order valence-electron chi connectivity index (χ2n) is 7.36. The first kappa shape index (κ1) is 13.4. The molecule has 4 aliphatic rings. The molecule has 4 nitrogen and oxygen atoms in total. The van der Waals surface area contributed by atoms with Gasteiger partial charge in [0.1, 0.15) is 5.60 Å². The van der Waals surface area contributed by atoms with E-state index in [1.165, 1.54) is 7.11 Å². The number of rotatable bonds is 2. The van der Waals surface area contributed by atoms with Crippen LogP contribution in [0.5, 0.6) is 0 Å². The van der Waals surface area contributed by atoms with Gasteiger partial charge in [-0.1, -0.05) is 13.8 Å². The van der Waals surface area contributed by atoms with Crippen molar-refractivity contribution in [3.05, 3.63) is 0 Å². The van der Waals surface area contributed by atoms with Crippen molar-refractivity contribution < 1.29 is 19.0 Å². The molecule has 0 aromatic carbocycles. The van der Waals surface area contributed by atoms with Gasteiger partial charge in [0.2, 0.25) is 0 Å². The van der Waals surface area contributed by atoms with Crippen molar-refractivity contribution >= 4 is 5.97 Å². The van der Waals surface area contributed by atoms with Crippen LogP contribution in [-0.2, 0) is 19.0 Å². The van der Waals surface area contributed by atoms with Gasteiger partial charge in [-0.2, -0.15) is 0 Å². The third kappa shape index (κ3) is 1.69. The Kier molecular flexibility index (Phi) is 2.63. The maximum atomic E-state index is 11.8. The van der Waals surface area contributed by atoms with E-state index in [2.05, 4.69) is 13.8 Å². The molecule has 19 heavy (non-hydrogen) atoms. The molecule has 0 spiro atoms. The molecule has 0 aromatic heterocycles. The Hall–Kier alpha value is -0.610. The molecule has 0 unspecified atom stereocenters. The Bertz CT molecular complexity index is 414.